The molecule has 0 aliphatic carbocycles. The Morgan fingerprint density at radius 1 is 1.77 bits per heavy atom. The lowest BCUT2D eigenvalue weighted by atomic mass is 10.3. The third-order valence-corrected chi connectivity index (χ3v) is 1.64. The molecular formula is C9H12N2O2. The maximum Gasteiger partial charge on any atom is 0.354 e. The Balaban J connectivity index is 2.95. The van der Waals surface area contributed by atoms with E-state index in [0.29, 0.717) is 5.69 Å². The number of carboxylic acids is 1. The maximum absolute atomic E-state index is 10.6. The number of rotatable bonds is 3. The van der Waals surface area contributed by atoms with E-state index < -0.39 is 5.97 Å². The molecule has 0 saturated heterocycles. The third kappa shape index (κ3) is 2.18. The van der Waals surface area contributed by atoms with Gasteiger partial charge in [-0.05, 0) is 18.6 Å². The number of nitrogens with zero attached hydrogens (tertiary/aromatic N) is 2. The molecule has 0 radical (unpaired) electrons. The fraction of sp³-hybridized carbons (Fsp3) is 0.333. The molecule has 0 unspecified atom stereocenters. The lowest BCUT2D eigenvalue weighted by molar-refractivity contribution is 0.0685. The number of allylic oxidation sites excluding steroid dienone is 1. The first-order chi connectivity index (χ1) is 6.15. The molecule has 0 bridgehead atoms. The second kappa shape index (κ2) is 3.89. The highest BCUT2D eigenvalue weighted by molar-refractivity contribution is 5.86. The van der Waals surface area contributed by atoms with Gasteiger partial charge in [0.1, 0.15) is 5.69 Å². The van der Waals surface area contributed by atoms with E-state index in [-0.39, 0.29) is 5.69 Å². The predicted octanol–water partition coefficient (Wildman–Crippen LogP) is 1.54. The standard InChI is InChI=1S/C9H12N2O2/c1-3-4-5-7-6-8(9(12)13)11(2)10-7/h4-6H,3H2,1-2H3,(H,12,13)/b5-4+. The zero-order valence-electron chi connectivity index (χ0n) is 7.69. The number of carboxylic acid groups (broad SMARTS) is 1. The summed E-state index contributed by atoms with van der Waals surface area (Å²) in [6, 6.07) is 1.55. The highest BCUT2D eigenvalue weighted by Gasteiger charge is 2.09. The van der Waals surface area contributed by atoms with Crippen molar-refractivity contribution in [2.45, 2.75) is 13.3 Å². The van der Waals surface area contributed by atoms with Crippen LogP contribution in [0, 0.1) is 0 Å². The van der Waals surface area contributed by atoms with E-state index in [4.69, 9.17) is 5.11 Å². The molecule has 13 heavy (non-hydrogen) atoms. The van der Waals surface area contributed by atoms with E-state index in [0.717, 1.165) is 6.42 Å². The van der Waals surface area contributed by atoms with Crippen LogP contribution in [-0.4, -0.2) is 20.9 Å². The Morgan fingerprint density at radius 3 is 2.92 bits per heavy atom. The molecule has 0 aromatic carbocycles. The number of carbonyl (C=O) groups is 1. The molecule has 4 heteroatoms. The summed E-state index contributed by atoms with van der Waals surface area (Å²) in [5.41, 5.74) is 0.887. The van der Waals surface area contributed by atoms with Gasteiger partial charge in [-0.25, -0.2) is 4.79 Å². The molecule has 0 aliphatic rings. The van der Waals surface area contributed by atoms with Gasteiger partial charge in [-0.15, -0.1) is 0 Å². The number of hydrogen-bond acceptors (Lipinski definition) is 2. The summed E-state index contributed by atoms with van der Waals surface area (Å²) in [7, 11) is 1.62. The Hall–Kier alpha value is -1.58. The highest BCUT2D eigenvalue weighted by Crippen LogP contribution is 2.05. The molecular weight excluding hydrogens is 168 g/mol. The van der Waals surface area contributed by atoms with Crippen LogP contribution in [0.4, 0.5) is 0 Å². The SMILES string of the molecule is CC/C=C/c1cc(C(=O)O)n(C)n1. The zero-order chi connectivity index (χ0) is 9.84. The van der Waals surface area contributed by atoms with Crippen molar-refractivity contribution in [1.82, 2.24) is 9.78 Å². The van der Waals surface area contributed by atoms with Gasteiger partial charge in [-0.3, -0.25) is 4.68 Å². The van der Waals surface area contributed by atoms with Crippen molar-refractivity contribution in [1.29, 1.82) is 0 Å². The second-order valence-corrected chi connectivity index (χ2v) is 2.69. The lowest BCUT2D eigenvalue weighted by Gasteiger charge is -1.91. The number of aromatic carboxylic acids is 1. The summed E-state index contributed by atoms with van der Waals surface area (Å²) in [5.74, 6) is -0.953. The molecule has 0 aliphatic heterocycles. The number of aryl methyl sites for hydroxylation is 1. The largest absolute Gasteiger partial charge is 0.477 e. The molecule has 1 aromatic heterocycles. The van der Waals surface area contributed by atoms with Crippen LogP contribution in [-0.2, 0) is 7.05 Å². The quantitative estimate of drug-likeness (QED) is 0.767. The molecule has 0 fully saturated rings. The summed E-state index contributed by atoms with van der Waals surface area (Å²) < 4.78 is 1.36. The van der Waals surface area contributed by atoms with Crippen molar-refractivity contribution in [3.8, 4) is 0 Å². The van der Waals surface area contributed by atoms with Crippen LogP contribution in [0.5, 0.6) is 0 Å². The summed E-state index contributed by atoms with van der Waals surface area (Å²) in [4.78, 5) is 10.6. The first kappa shape index (κ1) is 9.51. The van der Waals surface area contributed by atoms with Crippen molar-refractivity contribution in [3.63, 3.8) is 0 Å². The Kier molecular flexibility index (Phi) is 2.84. The van der Waals surface area contributed by atoms with Crippen LogP contribution in [0.25, 0.3) is 6.08 Å². The molecule has 0 spiro atoms. The van der Waals surface area contributed by atoms with Gasteiger partial charge in [-0.2, -0.15) is 5.10 Å². The van der Waals surface area contributed by atoms with Crippen molar-refractivity contribution < 1.29 is 9.90 Å². The minimum Gasteiger partial charge on any atom is -0.477 e. The van der Waals surface area contributed by atoms with Crippen molar-refractivity contribution in [2.24, 2.45) is 7.05 Å². The van der Waals surface area contributed by atoms with Crippen molar-refractivity contribution in [3.05, 3.63) is 23.5 Å². The van der Waals surface area contributed by atoms with E-state index in [9.17, 15) is 4.79 Å². The lowest BCUT2D eigenvalue weighted by Crippen LogP contribution is -2.04. The fourth-order valence-corrected chi connectivity index (χ4v) is 1.01. The molecule has 70 valence electrons. The highest BCUT2D eigenvalue weighted by atomic mass is 16.4. The van der Waals surface area contributed by atoms with Gasteiger partial charge in [0.25, 0.3) is 0 Å². The summed E-state index contributed by atoms with van der Waals surface area (Å²) in [5, 5.41) is 12.7. The molecule has 1 rings (SSSR count). The second-order valence-electron chi connectivity index (χ2n) is 2.69. The van der Waals surface area contributed by atoms with Gasteiger partial charge in [0.05, 0.1) is 5.69 Å². The van der Waals surface area contributed by atoms with Gasteiger partial charge in [0.15, 0.2) is 0 Å². The zero-order valence-corrected chi connectivity index (χ0v) is 7.69. The first-order valence-electron chi connectivity index (χ1n) is 4.09. The minimum absolute atomic E-state index is 0.204. The maximum atomic E-state index is 10.6. The summed E-state index contributed by atoms with van der Waals surface area (Å²) in [6.07, 6.45) is 4.67. The minimum atomic E-state index is -0.953. The molecule has 0 amide bonds. The van der Waals surface area contributed by atoms with Crippen LogP contribution in [0.15, 0.2) is 12.1 Å². The van der Waals surface area contributed by atoms with Crippen LogP contribution < -0.4 is 0 Å². The van der Waals surface area contributed by atoms with E-state index in [1.165, 1.54) is 4.68 Å². The third-order valence-electron chi connectivity index (χ3n) is 1.64. The van der Waals surface area contributed by atoms with Crippen molar-refractivity contribution >= 4 is 12.0 Å². The molecule has 1 heterocycles. The van der Waals surface area contributed by atoms with Gasteiger partial charge in [0, 0.05) is 7.05 Å². The summed E-state index contributed by atoms with van der Waals surface area (Å²) in [6.45, 7) is 2.01. The van der Waals surface area contributed by atoms with E-state index >= 15 is 0 Å². The smallest absolute Gasteiger partial charge is 0.354 e. The predicted molar refractivity (Wildman–Crippen MR) is 49.5 cm³/mol. The average Bonchev–Trinajstić information content (AvgIpc) is 2.43. The van der Waals surface area contributed by atoms with Crippen LogP contribution >= 0.6 is 0 Å². The van der Waals surface area contributed by atoms with Gasteiger partial charge in [0.2, 0.25) is 0 Å². The molecule has 4 nitrogen and oxygen atoms in total. The Labute approximate surface area is 76.5 Å². The van der Waals surface area contributed by atoms with E-state index in [1.807, 2.05) is 19.1 Å². The van der Waals surface area contributed by atoms with Crippen LogP contribution in [0.3, 0.4) is 0 Å². The van der Waals surface area contributed by atoms with Gasteiger partial charge < -0.3 is 5.11 Å². The first-order valence-corrected chi connectivity index (χ1v) is 4.09. The van der Waals surface area contributed by atoms with Crippen LogP contribution in [0.1, 0.15) is 29.5 Å². The number of hydrogen-bond donors (Lipinski definition) is 1. The van der Waals surface area contributed by atoms with Gasteiger partial charge in [-0.1, -0.05) is 13.0 Å². The number of aromatic nitrogens is 2. The Morgan fingerprint density at radius 2 is 2.46 bits per heavy atom. The topological polar surface area (TPSA) is 55.1 Å². The fourth-order valence-electron chi connectivity index (χ4n) is 1.01. The molecule has 1 aromatic rings. The van der Waals surface area contributed by atoms with Crippen LogP contribution in [0.2, 0.25) is 0 Å². The average molecular weight is 180 g/mol. The normalized spacial score (nSPS) is 10.9. The monoisotopic (exact) mass is 180 g/mol. The molecule has 1 N–H and O–H groups in total. The van der Waals surface area contributed by atoms with Gasteiger partial charge >= 0.3 is 5.97 Å². The van der Waals surface area contributed by atoms with Crippen molar-refractivity contribution in [2.75, 3.05) is 0 Å². The van der Waals surface area contributed by atoms with E-state index in [1.54, 1.807) is 13.1 Å². The molecule has 0 saturated carbocycles. The van der Waals surface area contributed by atoms with E-state index in [2.05, 4.69) is 5.10 Å². The summed E-state index contributed by atoms with van der Waals surface area (Å²) >= 11 is 0. The molecule has 0 atom stereocenters. The Bertz CT molecular complexity index is 339.